The zero-order chi connectivity index (χ0) is 73.0. The van der Waals surface area contributed by atoms with Crippen molar-refractivity contribution in [1.82, 2.24) is 14.7 Å². The molecule has 1 amide bonds. The number of methoxy groups -OCH3 is 7. The Balaban J connectivity index is -0.0000000387. The average Bonchev–Trinajstić information content (AvgIpc) is 3.44. The number of thioether (sulfide) groups is 3. The van der Waals surface area contributed by atoms with Gasteiger partial charge in [0.25, 0.3) is 0 Å². The molecule has 514 valence electrons. The van der Waals surface area contributed by atoms with E-state index in [1.165, 1.54) is 65.5 Å². The number of hydrogen-bond donors (Lipinski definition) is 0. The topological polar surface area (TPSA) is 221 Å². The molecule has 0 saturated heterocycles. The summed E-state index contributed by atoms with van der Waals surface area (Å²) in [5, 5.41) is 2.48. The van der Waals surface area contributed by atoms with Crippen molar-refractivity contribution >= 4 is 178 Å². The van der Waals surface area contributed by atoms with Crippen LogP contribution in [0.2, 0.25) is 0 Å². The van der Waals surface area contributed by atoms with Gasteiger partial charge in [-0.15, -0.1) is 23.5 Å². The molecule has 0 heterocycles. The van der Waals surface area contributed by atoms with Crippen LogP contribution in [-0.2, 0) is 57.1 Å². The van der Waals surface area contributed by atoms with E-state index in [9.17, 15) is 24.0 Å². The van der Waals surface area contributed by atoms with E-state index in [1.807, 2.05) is 120 Å². The van der Waals surface area contributed by atoms with Crippen LogP contribution in [0.3, 0.4) is 0 Å². The molecule has 0 rings (SSSR count). The van der Waals surface area contributed by atoms with Crippen LogP contribution in [-0.4, -0.2) is 249 Å². The minimum atomic E-state index is -0.245. The van der Waals surface area contributed by atoms with Gasteiger partial charge in [0.15, 0.2) is 27.0 Å². The fourth-order valence-electron chi connectivity index (χ4n) is 0.474. The molecule has 0 atom stereocenters. The van der Waals surface area contributed by atoms with E-state index in [4.69, 9.17) is 12.2 Å². The number of Topliss-reactive ketones (excluding diaryl/α,β-unsaturated/α-hetero) is 1. The van der Waals surface area contributed by atoms with Crippen molar-refractivity contribution in [2.45, 2.75) is 138 Å². The molecule has 0 aliphatic heterocycles. The van der Waals surface area contributed by atoms with E-state index < -0.39 is 0 Å². The van der Waals surface area contributed by atoms with Crippen molar-refractivity contribution in [3.63, 3.8) is 0 Å². The van der Waals surface area contributed by atoms with Gasteiger partial charge >= 0.3 is 11.9 Å². The average molecular weight is 1370 g/mol. The van der Waals surface area contributed by atoms with E-state index in [0.29, 0.717) is 10.1 Å². The monoisotopic (exact) mass is 1370 g/mol. The zero-order valence-electron chi connectivity index (χ0n) is 61.2. The number of rotatable bonds is 0. The first-order chi connectivity index (χ1) is 38.7. The second-order valence-electron chi connectivity index (χ2n) is 14.9. The van der Waals surface area contributed by atoms with Gasteiger partial charge in [0, 0.05) is 157 Å². The Morgan fingerprint density at radius 3 is 0.576 bits per heavy atom. The van der Waals surface area contributed by atoms with Gasteiger partial charge in [-0.05, 0) is 117 Å². The van der Waals surface area contributed by atoms with E-state index >= 15 is 0 Å². The molecule has 0 N–H and O–H groups in total. The molecule has 0 radical (unpaired) electrons. The summed E-state index contributed by atoms with van der Waals surface area (Å²) in [5.74, 6) is 2.26. The second-order valence-corrected chi connectivity index (χ2v) is 21.3. The van der Waals surface area contributed by atoms with Crippen LogP contribution in [0.1, 0.15) is 138 Å². The first-order valence-corrected chi connectivity index (χ1v) is 30.8. The van der Waals surface area contributed by atoms with Crippen molar-refractivity contribution in [2.75, 3.05) is 153 Å². The van der Waals surface area contributed by atoms with Gasteiger partial charge in [0.2, 0.25) is 5.91 Å². The predicted molar refractivity (Wildman–Crippen MR) is 405 cm³/mol. The maximum Gasteiger partial charge on any atom is 0.302 e. The predicted octanol–water partition coefficient (Wildman–Crippen LogP) is 13.6. The fraction of sp³-hybridized carbons (Fsp3) is 0.737. The quantitative estimate of drug-likeness (QED) is 0.0952. The van der Waals surface area contributed by atoms with E-state index in [2.05, 4.69) is 107 Å². The number of nitrogens with zero attached hydrogens (tertiary/aromatic N) is 8. The maximum atomic E-state index is 10.1. The van der Waals surface area contributed by atoms with Gasteiger partial charge in [-0.2, -0.15) is 0 Å². The van der Waals surface area contributed by atoms with Gasteiger partial charge in [-0.1, -0.05) is 62.3 Å². The third-order valence-corrected chi connectivity index (χ3v) is 9.35. The number of aliphatic imine (C=N–C) groups is 5. The number of thiocarbonyl (C=S) groups is 5. The van der Waals surface area contributed by atoms with E-state index in [0.717, 1.165) is 42.4 Å². The van der Waals surface area contributed by atoms with Crippen LogP contribution in [0, 0.1) is 0 Å². The molecule has 0 fully saturated rings. The Morgan fingerprint density at radius 1 is 0.388 bits per heavy atom. The third-order valence-electron chi connectivity index (χ3n) is 6.23. The number of hydrogen-bond acceptors (Lipinski definition) is 25. The van der Waals surface area contributed by atoms with E-state index in [1.54, 1.807) is 156 Å². The van der Waals surface area contributed by atoms with Crippen LogP contribution in [0.25, 0.3) is 0 Å². The number of carbonyl (C=O) groups excluding carboxylic acids is 5. The van der Waals surface area contributed by atoms with Gasteiger partial charge < -0.3 is 52.7 Å². The summed E-state index contributed by atoms with van der Waals surface area (Å²) in [6.07, 6.45) is 5.76. The molecule has 0 saturated carbocycles. The highest BCUT2D eigenvalue weighted by molar-refractivity contribution is 8.22. The van der Waals surface area contributed by atoms with Crippen LogP contribution in [0.5, 0.6) is 0 Å². The Morgan fingerprint density at radius 2 is 0.576 bits per heavy atom. The van der Waals surface area contributed by atoms with Crippen molar-refractivity contribution in [2.24, 2.45) is 25.0 Å². The van der Waals surface area contributed by atoms with Gasteiger partial charge in [0.05, 0.1) is 58.5 Å². The van der Waals surface area contributed by atoms with Crippen molar-refractivity contribution in [1.29, 1.82) is 0 Å². The molecule has 0 aromatic carbocycles. The third kappa shape index (κ3) is 373. The highest BCUT2D eigenvalue weighted by Crippen LogP contribution is 1.93. The lowest BCUT2D eigenvalue weighted by Gasteiger charge is -2.08. The standard InChI is InChI=1S/C5H12N2.3C4H9NO.2C4H9NS.C4H9N.2C3H6O2.3C3H6OS.C3H6O.C3H6S2.C3H6S.C2H6O.C2H6/c1-5(6-2)7(3)4;2*1-4(5-2)6-3;1-4(6)5(2)3;1-4(5-2)6-3;1-4(6)5(2)3;1-4(2)5-3;3*1-3(4)5-2;2*1-3(5)4-2;1-3(2)4;1-3(4)5-2;1-3(2)4;1-3-2;1-2/h1-4H3;5*1-3H3;1-3H3;5*1-2H3;1-2H3;1-2H3;1-2H3;1-2H3;1-2H3. The first-order valence-electron chi connectivity index (χ1n) is 25.1. The minimum absolute atomic E-state index is 0.0926. The normalized spacial score (nSPS) is 8.35. The molecule has 0 aromatic heterocycles. The van der Waals surface area contributed by atoms with Gasteiger partial charge in [-0.3, -0.25) is 44.1 Å². The molecule has 85 heavy (non-hydrogen) atoms. The van der Waals surface area contributed by atoms with Crippen molar-refractivity contribution in [3.05, 3.63) is 0 Å². The number of ether oxygens (including phenoxy) is 7. The van der Waals surface area contributed by atoms with Crippen molar-refractivity contribution in [3.8, 4) is 0 Å². The molecule has 0 aromatic rings. The first kappa shape index (κ1) is 127. The Bertz CT molecular complexity index is 1490. The summed E-state index contributed by atoms with van der Waals surface area (Å²) < 4.78 is 31.7. The van der Waals surface area contributed by atoms with Crippen LogP contribution in [0.15, 0.2) is 25.0 Å². The molecule has 0 unspecified atom stereocenters. The molecule has 28 heteroatoms. The summed E-state index contributed by atoms with van der Waals surface area (Å²) in [7, 11) is 32.3. The second kappa shape index (κ2) is 118. The van der Waals surface area contributed by atoms with Crippen LogP contribution >= 0.6 is 96.4 Å². The molecule has 0 spiro atoms. The molecular weight excluding hydrogens is 1250 g/mol. The Labute approximate surface area is 562 Å². The largest absolute Gasteiger partial charge is 0.491 e. The smallest absolute Gasteiger partial charge is 0.302 e. The molecule has 0 aliphatic carbocycles. The number of esters is 2. The number of amides is 1. The Kier molecular flexibility index (Phi) is 177. The lowest BCUT2D eigenvalue weighted by Crippen LogP contribution is -2.17. The molecule has 0 aliphatic rings. The number of amidine groups is 1. The highest BCUT2D eigenvalue weighted by Gasteiger charge is 1.88. The van der Waals surface area contributed by atoms with Crippen LogP contribution in [0.4, 0.5) is 0 Å². The zero-order valence-corrected chi connectivity index (χ0v) is 67.8. The highest BCUT2D eigenvalue weighted by atomic mass is 32.2. The SMILES string of the molecule is CC.CC(=O)N(C)C.CC(=S)N(C)C.CC(C)=O.CC(C)=S.CN=C(C)C.CN=C(C)N(C)C.CN=C(C)OC.CN=C(C)OC.CN=C(C)SC.COC.COC(C)=O.COC(C)=O.COC(C)=S.COC(C)=S.CSC(C)=O.CSC(C)=S. The maximum absolute atomic E-state index is 10.1. The van der Waals surface area contributed by atoms with Gasteiger partial charge in [-0.25, -0.2) is 0 Å². The molecular formula is C57H126N8O12S8. The van der Waals surface area contributed by atoms with Crippen LogP contribution < -0.4 is 0 Å². The summed E-state index contributed by atoms with van der Waals surface area (Å²) in [6.45, 7) is 35.4. The van der Waals surface area contributed by atoms with E-state index in [-0.39, 0.29) is 28.7 Å². The summed E-state index contributed by atoms with van der Waals surface area (Å²) in [5.41, 5.74) is 1.13. The molecule has 20 nitrogen and oxygen atoms in total. The summed E-state index contributed by atoms with van der Waals surface area (Å²) in [6, 6.07) is 0. The van der Waals surface area contributed by atoms with Gasteiger partial charge in [0.1, 0.15) is 5.78 Å². The minimum Gasteiger partial charge on any atom is -0.491 e. The van der Waals surface area contributed by atoms with Crippen molar-refractivity contribution < 1.29 is 57.1 Å². The molecule has 0 bridgehead atoms. The lowest BCUT2D eigenvalue weighted by molar-refractivity contribution is -0.138. The summed E-state index contributed by atoms with van der Waals surface area (Å²) in [4.78, 5) is 74.8. The fourth-order valence-corrected chi connectivity index (χ4v) is 0.656. The number of ketones is 1. The summed E-state index contributed by atoms with van der Waals surface area (Å²) >= 11 is 27.4. The lowest BCUT2D eigenvalue weighted by atomic mass is 10.5. The Hall–Kier alpha value is -3.64. The number of carbonyl (C=O) groups is 5.